The van der Waals surface area contributed by atoms with Crippen molar-refractivity contribution in [1.82, 2.24) is 0 Å². The Bertz CT molecular complexity index is 764. The molecule has 2 rings (SSSR count). The van der Waals surface area contributed by atoms with Gasteiger partial charge in [0.05, 0.1) is 0 Å². The lowest BCUT2D eigenvalue weighted by Crippen LogP contribution is -2.16. The summed E-state index contributed by atoms with van der Waals surface area (Å²) >= 11 is 3.21. The molecule has 3 N–H and O–H groups in total. The van der Waals surface area contributed by atoms with E-state index in [0.717, 1.165) is 16.6 Å². The van der Waals surface area contributed by atoms with Gasteiger partial charge in [0.1, 0.15) is 4.90 Å². The zero-order valence-electron chi connectivity index (χ0n) is 10.6. The molecule has 0 aromatic heterocycles. The van der Waals surface area contributed by atoms with E-state index >= 15 is 0 Å². The summed E-state index contributed by atoms with van der Waals surface area (Å²) in [6.07, 6.45) is 0. The summed E-state index contributed by atoms with van der Waals surface area (Å²) in [5, 5.41) is 0. The minimum absolute atomic E-state index is 0.0992. The molecule has 0 unspecified atom stereocenters. The zero-order valence-corrected chi connectivity index (χ0v) is 13.0. The predicted octanol–water partition coefficient (Wildman–Crippen LogP) is 2.99. The molecule has 0 aliphatic carbocycles. The Hall–Kier alpha value is -1.51. The summed E-state index contributed by atoms with van der Waals surface area (Å²) in [5.41, 5.74) is 5.76. The molecular formula is C13H11BrF2N2O2S. The van der Waals surface area contributed by atoms with Crippen molar-refractivity contribution in [3.05, 3.63) is 58.1 Å². The standard InChI is InChI=1S/C13H11BrF2N2O2S/c14-9-1-3-10(4-2-9)18-21(19,20)12-6-8(7-17)5-11(15)13(12)16/h1-6,18H,7,17H2. The first-order valence-electron chi connectivity index (χ1n) is 5.80. The molecule has 0 spiro atoms. The first-order valence-corrected chi connectivity index (χ1v) is 8.07. The Labute approximate surface area is 129 Å². The van der Waals surface area contributed by atoms with Gasteiger partial charge in [0.15, 0.2) is 11.6 Å². The number of rotatable bonds is 4. The third-order valence-corrected chi connectivity index (χ3v) is 4.59. The quantitative estimate of drug-likeness (QED) is 0.861. The van der Waals surface area contributed by atoms with E-state index in [1.54, 1.807) is 12.1 Å². The van der Waals surface area contributed by atoms with Gasteiger partial charge in [0.2, 0.25) is 0 Å². The van der Waals surface area contributed by atoms with E-state index in [4.69, 9.17) is 5.73 Å². The highest BCUT2D eigenvalue weighted by atomic mass is 79.9. The molecular weight excluding hydrogens is 366 g/mol. The fraction of sp³-hybridized carbons (Fsp3) is 0.0769. The van der Waals surface area contributed by atoms with Crippen molar-refractivity contribution in [2.75, 3.05) is 4.72 Å². The van der Waals surface area contributed by atoms with E-state index in [0.29, 0.717) is 0 Å². The number of nitrogens with two attached hydrogens (primary N) is 1. The normalized spacial score (nSPS) is 11.4. The largest absolute Gasteiger partial charge is 0.326 e. The van der Waals surface area contributed by atoms with Crippen molar-refractivity contribution in [2.24, 2.45) is 5.73 Å². The third-order valence-electron chi connectivity index (χ3n) is 2.68. The highest BCUT2D eigenvalue weighted by Crippen LogP contribution is 2.23. The monoisotopic (exact) mass is 376 g/mol. The molecule has 0 radical (unpaired) electrons. The fourth-order valence-corrected chi connectivity index (χ4v) is 3.12. The van der Waals surface area contributed by atoms with Crippen LogP contribution in [-0.4, -0.2) is 8.42 Å². The summed E-state index contributed by atoms with van der Waals surface area (Å²) in [6, 6.07) is 8.09. The average Bonchev–Trinajstić information content (AvgIpc) is 2.43. The molecule has 0 saturated heterocycles. The number of nitrogens with one attached hydrogen (secondary N) is 1. The van der Waals surface area contributed by atoms with Gasteiger partial charge in [-0.2, -0.15) is 0 Å². The molecule has 0 aliphatic rings. The molecule has 0 aliphatic heterocycles. The lowest BCUT2D eigenvalue weighted by molar-refractivity contribution is 0.483. The number of benzene rings is 2. The fourth-order valence-electron chi connectivity index (χ4n) is 1.66. The van der Waals surface area contributed by atoms with Crippen LogP contribution in [0.4, 0.5) is 14.5 Å². The van der Waals surface area contributed by atoms with Gasteiger partial charge >= 0.3 is 0 Å². The number of hydrogen-bond donors (Lipinski definition) is 2. The maximum atomic E-state index is 13.7. The van der Waals surface area contributed by atoms with E-state index in [2.05, 4.69) is 20.7 Å². The summed E-state index contributed by atoms with van der Waals surface area (Å²) in [4.78, 5) is -0.772. The van der Waals surface area contributed by atoms with E-state index in [1.807, 2.05) is 0 Å². The predicted molar refractivity (Wildman–Crippen MR) is 79.2 cm³/mol. The van der Waals surface area contributed by atoms with Crippen LogP contribution in [0.2, 0.25) is 0 Å². The average molecular weight is 377 g/mol. The van der Waals surface area contributed by atoms with Crippen LogP contribution in [0.5, 0.6) is 0 Å². The van der Waals surface area contributed by atoms with Gasteiger partial charge in [-0.3, -0.25) is 4.72 Å². The van der Waals surface area contributed by atoms with Crippen LogP contribution in [-0.2, 0) is 16.6 Å². The van der Waals surface area contributed by atoms with Crippen molar-refractivity contribution in [3.63, 3.8) is 0 Å². The molecule has 21 heavy (non-hydrogen) atoms. The van der Waals surface area contributed by atoms with E-state index < -0.39 is 26.6 Å². The van der Waals surface area contributed by atoms with E-state index in [1.165, 1.54) is 12.1 Å². The molecule has 4 nitrogen and oxygen atoms in total. The van der Waals surface area contributed by atoms with E-state index in [9.17, 15) is 17.2 Å². The zero-order chi connectivity index (χ0) is 15.6. The second-order valence-corrected chi connectivity index (χ2v) is 6.77. The topological polar surface area (TPSA) is 72.2 Å². The Kier molecular flexibility index (Phi) is 4.60. The van der Waals surface area contributed by atoms with Gasteiger partial charge in [-0.05, 0) is 42.0 Å². The van der Waals surface area contributed by atoms with Crippen molar-refractivity contribution in [2.45, 2.75) is 11.4 Å². The van der Waals surface area contributed by atoms with Gasteiger partial charge in [-0.15, -0.1) is 0 Å². The Morgan fingerprint density at radius 2 is 1.76 bits per heavy atom. The summed E-state index contributed by atoms with van der Waals surface area (Å²) in [7, 11) is -4.25. The van der Waals surface area contributed by atoms with Crippen LogP contribution < -0.4 is 10.5 Å². The van der Waals surface area contributed by atoms with Gasteiger partial charge in [-0.1, -0.05) is 15.9 Å². The molecule has 2 aromatic carbocycles. The van der Waals surface area contributed by atoms with Crippen LogP contribution in [0.3, 0.4) is 0 Å². The van der Waals surface area contributed by atoms with E-state index in [-0.39, 0.29) is 17.8 Å². The smallest absolute Gasteiger partial charge is 0.264 e. The number of hydrogen-bond acceptors (Lipinski definition) is 3. The number of halogens is 3. The highest BCUT2D eigenvalue weighted by molar-refractivity contribution is 9.10. The second kappa shape index (κ2) is 6.08. The SMILES string of the molecule is NCc1cc(F)c(F)c(S(=O)(=O)Nc2ccc(Br)cc2)c1. The lowest BCUT2D eigenvalue weighted by Gasteiger charge is -2.10. The van der Waals surface area contributed by atoms with Crippen LogP contribution >= 0.6 is 15.9 Å². The highest BCUT2D eigenvalue weighted by Gasteiger charge is 2.23. The molecule has 0 saturated carbocycles. The van der Waals surface area contributed by atoms with Crippen molar-refractivity contribution in [3.8, 4) is 0 Å². The number of anilines is 1. The van der Waals surface area contributed by atoms with Crippen LogP contribution in [0.1, 0.15) is 5.56 Å². The van der Waals surface area contributed by atoms with Crippen molar-refractivity contribution < 1.29 is 17.2 Å². The molecule has 2 aromatic rings. The van der Waals surface area contributed by atoms with Crippen LogP contribution in [0.15, 0.2) is 45.8 Å². The maximum absolute atomic E-state index is 13.7. The Balaban J connectivity index is 2.44. The van der Waals surface area contributed by atoms with Crippen LogP contribution in [0.25, 0.3) is 0 Å². The molecule has 0 heterocycles. The summed E-state index contributed by atoms with van der Waals surface area (Å²) in [6.45, 7) is -0.0992. The molecule has 8 heteroatoms. The molecule has 0 bridgehead atoms. The third kappa shape index (κ3) is 3.58. The first-order chi connectivity index (χ1) is 9.83. The minimum Gasteiger partial charge on any atom is -0.326 e. The van der Waals surface area contributed by atoms with Crippen LogP contribution in [0, 0.1) is 11.6 Å². The van der Waals surface area contributed by atoms with Gasteiger partial charge in [0, 0.05) is 16.7 Å². The first kappa shape index (κ1) is 15.9. The second-order valence-electron chi connectivity index (χ2n) is 4.21. The molecule has 0 fully saturated rings. The summed E-state index contributed by atoms with van der Waals surface area (Å²) in [5.74, 6) is -2.69. The minimum atomic E-state index is -4.25. The molecule has 0 atom stereocenters. The number of sulfonamides is 1. The molecule has 112 valence electrons. The van der Waals surface area contributed by atoms with Crippen molar-refractivity contribution in [1.29, 1.82) is 0 Å². The van der Waals surface area contributed by atoms with Gasteiger partial charge in [0.25, 0.3) is 10.0 Å². The summed E-state index contributed by atoms with van der Waals surface area (Å²) < 4.78 is 54.4. The Morgan fingerprint density at radius 3 is 2.33 bits per heavy atom. The maximum Gasteiger partial charge on any atom is 0.264 e. The van der Waals surface area contributed by atoms with Gasteiger partial charge in [-0.25, -0.2) is 17.2 Å². The molecule has 0 amide bonds. The van der Waals surface area contributed by atoms with Crippen molar-refractivity contribution >= 4 is 31.6 Å². The van der Waals surface area contributed by atoms with Gasteiger partial charge < -0.3 is 5.73 Å². The Morgan fingerprint density at radius 1 is 1.14 bits per heavy atom. The lowest BCUT2D eigenvalue weighted by atomic mass is 10.2.